The molecule has 3 rings (SSSR count). The van der Waals surface area contributed by atoms with E-state index in [4.69, 9.17) is 8.92 Å². The van der Waals surface area contributed by atoms with Gasteiger partial charge in [-0.3, -0.25) is 8.91 Å². The first kappa shape index (κ1) is 21.6. The molecule has 0 amide bonds. The normalized spacial score (nSPS) is 15.6. The predicted octanol–water partition coefficient (Wildman–Crippen LogP) is 4.82. The number of hydrogen-bond acceptors (Lipinski definition) is 4. The lowest BCUT2D eigenvalue weighted by Gasteiger charge is -2.26. The summed E-state index contributed by atoms with van der Waals surface area (Å²) < 4.78 is 61.5. The molecule has 9 heteroatoms. The Kier molecular flexibility index (Phi) is 7.15. The molecular formula is C20H23F3N2O3S. The lowest BCUT2D eigenvalue weighted by Crippen LogP contribution is -2.26. The van der Waals surface area contributed by atoms with Gasteiger partial charge in [-0.15, -0.1) is 0 Å². The van der Waals surface area contributed by atoms with Gasteiger partial charge in [-0.25, -0.2) is 4.21 Å². The summed E-state index contributed by atoms with van der Waals surface area (Å²) in [6, 6.07) is 12.8. The van der Waals surface area contributed by atoms with Gasteiger partial charge in [-0.1, -0.05) is 12.1 Å². The molecule has 0 radical (unpaired) electrons. The maximum atomic E-state index is 12.1. The van der Waals surface area contributed by atoms with E-state index in [1.807, 2.05) is 12.1 Å². The van der Waals surface area contributed by atoms with Gasteiger partial charge in [-0.05, 0) is 55.8 Å². The van der Waals surface area contributed by atoms with Crippen LogP contribution in [0.2, 0.25) is 0 Å². The number of fused-ring (bicyclic) bond motifs is 1. The first-order valence-electron chi connectivity index (χ1n) is 9.26. The summed E-state index contributed by atoms with van der Waals surface area (Å²) in [5.41, 5.74) is 2.98. The van der Waals surface area contributed by atoms with Crippen LogP contribution in [0, 0.1) is 0 Å². The zero-order valence-electron chi connectivity index (χ0n) is 16.0. The van der Waals surface area contributed by atoms with Gasteiger partial charge in [0.1, 0.15) is 11.5 Å². The van der Waals surface area contributed by atoms with Crippen molar-refractivity contribution < 1.29 is 26.3 Å². The maximum Gasteiger partial charge on any atom is 0.389 e. The molecule has 0 bridgehead atoms. The molecule has 2 aromatic carbocycles. The summed E-state index contributed by atoms with van der Waals surface area (Å²) in [6.07, 6.45) is -4.51. The molecule has 1 aliphatic rings. The van der Waals surface area contributed by atoms with E-state index in [2.05, 4.69) is 22.7 Å². The average Bonchev–Trinajstić information content (AvgIpc) is 2.66. The van der Waals surface area contributed by atoms with Crippen LogP contribution in [-0.4, -0.2) is 35.5 Å². The number of halogens is 3. The van der Waals surface area contributed by atoms with E-state index in [1.54, 1.807) is 24.3 Å². The van der Waals surface area contributed by atoms with E-state index in [0.29, 0.717) is 11.4 Å². The van der Waals surface area contributed by atoms with E-state index in [-0.39, 0.29) is 13.0 Å². The zero-order valence-corrected chi connectivity index (χ0v) is 16.8. The van der Waals surface area contributed by atoms with Crippen LogP contribution in [0.3, 0.4) is 0 Å². The highest BCUT2D eigenvalue weighted by Crippen LogP contribution is 2.31. The fourth-order valence-electron chi connectivity index (χ4n) is 3.06. The molecule has 0 aliphatic carbocycles. The fraction of sp³-hybridized carbons (Fsp3) is 0.400. The van der Waals surface area contributed by atoms with Crippen LogP contribution in [0.15, 0.2) is 42.5 Å². The number of anilines is 1. The highest BCUT2D eigenvalue weighted by Gasteiger charge is 2.26. The second-order valence-corrected chi connectivity index (χ2v) is 7.79. The molecule has 2 aromatic rings. The second kappa shape index (κ2) is 9.60. The second-order valence-electron chi connectivity index (χ2n) is 6.89. The summed E-state index contributed by atoms with van der Waals surface area (Å²) in [5.74, 6) is 1.47. The molecule has 0 fully saturated rings. The summed E-state index contributed by atoms with van der Waals surface area (Å²) in [6.45, 7) is 1.63. The van der Waals surface area contributed by atoms with Crippen LogP contribution in [-0.2, 0) is 28.4 Å². The Morgan fingerprint density at radius 2 is 1.93 bits per heavy atom. The molecule has 0 saturated carbocycles. The van der Waals surface area contributed by atoms with E-state index >= 15 is 0 Å². The molecule has 1 N–H and O–H groups in total. The minimum absolute atomic E-state index is 0.235. The number of rotatable bonds is 8. The molecule has 1 unspecified atom stereocenters. The third-order valence-electron chi connectivity index (χ3n) is 4.49. The highest BCUT2D eigenvalue weighted by molar-refractivity contribution is 7.81. The number of likely N-dealkylation sites (N-methyl/N-ethyl adjacent to an activating group) is 1. The summed E-state index contributed by atoms with van der Waals surface area (Å²) >= 11 is -1.91. The Morgan fingerprint density at radius 3 is 2.66 bits per heavy atom. The minimum Gasteiger partial charge on any atom is -0.457 e. The van der Waals surface area contributed by atoms with E-state index in [9.17, 15) is 17.4 Å². The van der Waals surface area contributed by atoms with Gasteiger partial charge in [0.15, 0.2) is 0 Å². The number of nitrogens with zero attached hydrogens (tertiary/aromatic N) is 1. The summed E-state index contributed by atoms with van der Waals surface area (Å²) in [4.78, 5) is 2.26. The van der Waals surface area contributed by atoms with Crippen molar-refractivity contribution in [3.05, 3.63) is 53.6 Å². The summed E-state index contributed by atoms with van der Waals surface area (Å²) in [7, 11) is 2.09. The standard InChI is InChI=1S/C20H23F3N2O3S/c1-25-12-10-18-15(14-25)4-2-5-19(18)28-17-8-6-16(7-9-17)24-29(26)27-13-3-11-20(21,22)23/h2,4-9,24H,3,10-14H2,1H3. The van der Waals surface area contributed by atoms with Crippen molar-refractivity contribution >= 4 is 17.0 Å². The number of nitrogens with one attached hydrogen (secondary N) is 1. The quantitative estimate of drug-likeness (QED) is 0.613. The third-order valence-corrected chi connectivity index (χ3v) is 5.28. The molecule has 0 aromatic heterocycles. The summed E-state index contributed by atoms with van der Waals surface area (Å²) in [5, 5.41) is 0. The molecule has 29 heavy (non-hydrogen) atoms. The van der Waals surface area contributed by atoms with Crippen molar-refractivity contribution in [2.24, 2.45) is 0 Å². The van der Waals surface area contributed by atoms with Crippen molar-refractivity contribution in [1.82, 2.24) is 4.90 Å². The smallest absolute Gasteiger partial charge is 0.389 e. The largest absolute Gasteiger partial charge is 0.457 e. The van der Waals surface area contributed by atoms with Crippen LogP contribution < -0.4 is 9.46 Å². The van der Waals surface area contributed by atoms with Crippen LogP contribution >= 0.6 is 0 Å². The van der Waals surface area contributed by atoms with Crippen LogP contribution in [0.5, 0.6) is 11.5 Å². The van der Waals surface area contributed by atoms with Gasteiger partial charge in [0, 0.05) is 30.8 Å². The van der Waals surface area contributed by atoms with Gasteiger partial charge >= 0.3 is 6.18 Å². The van der Waals surface area contributed by atoms with Crippen molar-refractivity contribution in [3.8, 4) is 11.5 Å². The molecule has 5 nitrogen and oxygen atoms in total. The van der Waals surface area contributed by atoms with Gasteiger partial charge in [-0.2, -0.15) is 13.2 Å². The highest BCUT2D eigenvalue weighted by atomic mass is 32.2. The van der Waals surface area contributed by atoms with Gasteiger partial charge in [0.05, 0.1) is 6.61 Å². The van der Waals surface area contributed by atoms with E-state index < -0.39 is 23.9 Å². The lowest BCUT2D eigenvalue weighted by molar-refractivity contribution is -0.136. The Bertz CT molecular complexity index is 844. The number of alkyl halides is 3. The molecule has 0 spiro atoms. The van der Waals surface area contributed by atoms with Crippen LogP contribution in [0.25, 0.3) is 0 Å². The van der Waals surface area contributed by atoms with Crippen molar-refractivity contribution in [2.75, 3.05) is 24.9 Å². The Labute approximate surface area is 170 Å². The third kappa shape index (κ3) is 6.73. The number of hydrogen-bond donors (Lipinski definition) is 1. The Hall–Kier alpha value is -2.10. The van der Waals surface area contributed by atoms with Crippen LogP contribution in [0.1, 0.15) is 24.0 Å². The molecule has 0 saturated heterocycles. The molecule has 158 valence electrons. The Morgan fingerprint density at radius 1 is 1.17 bits per heavy atom. The van der Waals surface area contributed by atoms with Crippen LogP contribution in [0.4, 0.5) is 18.9 Å². The zero-order chi connectivity index (χ0) is 20.9. The minimum atomic E-state index is -4.23. The topological polar surface area (TPSA) is 50.8 Å². The molecular weight excluding hydrogens is 405 g/mol. The maximum absolute atomic E-state index is 12.1. The molecule has 1 atom stereocenters. The number of ether oxygens (including phenoxy) is 1. The fourth-order valence-corrected chi connectivity index (χ4v) is 3.72. The predicted molar refractivity (Wildman–Crippen MR) is 106 cm³/mol. The van der Waals surface area contributed by atoms with E-state index in [0.717, 1.165) is 25.3 Å². The molecule has 1 aliphatic heterocycles. The van der Waals surface area contributed by atoms with Crippen molar-refractivity contribution in [1.29, 1.82) is 0 Å². The lowest BCUT2D eigenvalue weighted by atomic mass is 9.99. The SMILES string of the molecule is CN1CCc2c(cccc2Oc2ccc(NS(=O)OCCCC(F)(F)F)cc2)C1. The van der Waals surface area contributed by atoms with E-state index in [1.165, 1.54) is 11.1 Å². The Balaban J connectivity index is 1.52. The number of benzene rings is 2. The molecule has 1 heterocycles. The average molecular weight is 428 g/mol. The van der Waals surface area contributed by atoms with Gasteiger partial charge in [0.2, 0.25) is 0 Å². The van der Waals surface area contributed by atoms with Gasteiger partial charge < -0.3 is 9.64 Å². The van der Waals surface area contributed by atoms with Crippen molar-refractivity contribution in [3.63, 3.8) is 0 Å². The monoisotopic (exact) mass is 428 g/mol. The van der Waals surface area contributed by atoms with Crippen molar-refractivity contribution in [2.45, 2.75) is 32.0 Å². The van der Waals surface area contributed by atoms with Gasteiger partial charge in [0.25, 0.3) is 11.3 Å². The first-order chi connectivity index (χ1) is 13.8. The first-order valence-corrected chi connectivity index (χ1v) is 10.3.